The first kappa shape index (κ1) is 12.1. The first-order valence-electron chi connectivity index (χ1n) is 7.17. The summed E-state index contributed by atoms with van der Waals surface area (Å²) in [5, 5.41) is 1.86. The Morgan fingerprint density at radius 2 is 1.06 bits per heavy atom. The van der Waals surface area contributed by atoms with Gasteiger partial charge in [-0.25, -0.2) is 0 Å². The van der Waals surface area contributed by atoms with Crippen molar-refractivity contribution < 1.29 is 0 Å². The van der Waals surface area contributed by atoms with Crippen LogP contribution in [-0.4, -0.2) is 20.2 Å². The third kappa shape index (κ3) is 1.81. The minimum atomic E-state index is 0.824. The van der Waals surface area contributed by atoms with E-state index in [-0.39, 0.29) is 0 Å². The average molecular weight is 380 g/mol. The van der Waals surface area contributed by atoms with Gasteiger partial charge in [0.25, 0.3) is 0 Å². The number of halogens is 2. The van der Waals surface area contributed by atoms with Crippen LogP contribution in [-0.2, 0) is 0 Å². The lowest BCUT2D eigenvalue weighted by Crippen LogP contribution is -2.32. The van der Waals surface area contributed by atoms with Crippen LogP contribution in [0.4, 0.5) is 0 Å². The fraction of sp³-hybridized carbons (Fsp3) is 1.00. The molecule has 4 aliphatic rings. The molecule has 4 saturated carbocycles. The van der Waals surface area contributed by atoms with Crippen LogP contribution in [0.2, 0.25) is 0 Å². The Morgan fingerprint density at radius 1 is 0.647 bits per heavy atom. The molecule has 8 atom stereocenters. The molecular formula is C14H20Br2S. The summed E-state index contributed by atoms with van der Waals surface area (Å²) in [6.45, 7) is 0. The van der Waals surface area contributed by atoms with Crippen LogP contribution in [0.5, 0.6) is 0 Å². The van der Waals surface area contributed by atoms with E-state index in [1.165, 1.54) is 38.5 Å². The fourth-order valence-corrected chi connectivity index (χ4v) is 9.51. The molecule has 17 heavy (non-hydrogen) atoms. The highest BCUT2D eigenvalue weighted by Crippen LogP contribution is 2.59. The van der Waals surface area contributed by atoms with Gasteiger partial charge in [-0.05, 0) is 62.2 Å². The molecule has 0 aromatic carbocycles. The van der Waals surface area contributed by atoms with Gasteiger partial charge in [-0.1, -0.05) is 31.9 Å². The molecule has 4 rings (SSSR count). The second kappa shape index (κ2) is 4.41. The number of hydrogen-bond donors (Lipinski definition) is 0. The topological polar surface area (TPSA) is 0 Å². The first-order valence-corrected chi connectivity index (χ1v) is 9.95. The lowest BCUT2D eigenvalue weighted by molar-refractivity contribution is 0.488. The van der Waals surface area contributed by atoms with E-state index in [0.29, 0.717) is 0 Å². The Kier molecular flexibility index (Phi) is 3.13. The molecule has 4 fully saturated rings. The summed E-state index contributed by atoms with van der Waals surface area (Å²) >= 11 is 10.4. The molecule has 0 saturated heterocycles. The van der Waals surface area contributed by atoms with Crippen molar-refractivity contribution in [1.29, 1.82) is 0 Å². The standard InChI is InChI=1S/C14H20Br2S/c15-11-7-1-3-9(5-7)13(11)17-14-10-4-2-8(6-10)12(14)16/h7-14H,1-6H2/t7-,8+,9-,10+,11+,12-,13+,14-. The summed E-state index contributed by atoms with van der Waals surface area (Å²) in [6, 6.07) is 0. The van der Waals surface area contributed by atoms with Crippen molar-refractivity contribution >= 4 is 43.6 Å². The van der Waals surface area contributed by atoms with E-state index < -0.39 is 0 Å². The molecule has 4 bridgehead atoms. The largest absolute Gasteiger partial charge is 0.152 e. The molecule has 0 heterocycles. The first-order chi connectivity index (χ1) is 8.24. The van der Waals surface area contributed by atoms with Gasteiger partial charge >= 0.3 is 0 Å². The van der Waals surface area contributed by atoms with E-state index in [1.54, 1.807) is 0 Å². The van der Waals surface area contributed by atoms with Gasteiger partial charge in [-0.3, -0.25) is 0 Å². The highest BCUT2D eigenvalue weighted by molar-refractivity contribution is 9.10. The van der Waals surface area contributed by atoms with Crippen LogP contribution in [0, 0.1) is 23.7 Å². The molecule has 0 N–H and O–H groups in total. The van der Waals surface area contributed by atoms with E-state index in [1.807, 2.05) is 0 Å². The van der Waals surface area contributed by atoms with Gasteiger partial charge in [0.1, 0.15) is 0 Å². The van der Waals surface area contributed by atoms with E-state index in [2.05, 4.69) is 43.6 Å². The minimum Gasteiger partial charge on any atom is -0.152 e. The second-order valence-corrected chi connectivity index (χ2v) is 10.1. The third-order valence-corrected chi connectivity index (χ3v) is 11.1. The van der Waals surface area contributed by atoms with Gasteiger partial charge in [0, 0.05) is 20.2 Å². The molecular weight excluding hydrogens is 360 g/mol. The van der Waals surface area contributed by atoms with Gasteiger partial charge in [-0.15, -0.1) is 0 Å². The summed E-state index contributed by atoms with van der Waals surface area (Å²) in [5.74, 6) is 4.08. The predicted octanol–water partition coefficient (Wildman–Crippen LogP) is 4.84. The zero-order valence-corrected chi connectivity index (χ0v) is 14.0. The minimum absolute atomic E-state index is 0.824. The molecule has 0 amide bonds. The van der Waals surface area contributed by atoms with Crippen molar-refractivity contribution in [2.75, 3.05) is 0 Å². The molecule has 0 aliphatic heterocycles. The molecule has 0 nitrogen and oxygen atoms in total. The number of alkyl halides is 2. The van der Waals surface area contributed by atoms with Crippen LogP contribution < -0.4 is 0 Å². The highest BCUT2D eigenvalue weighted by atomic mass is 79.9. The molecule has 0 unspecified atom stereocenters. The Bertz CT molecular complexity index is 287. The third-order valence-electron chi connectivity index (χ3n) is 5.80. The highest BCUT2D eigenvalue weighted by Gasteiger charge is 2.52. The van der Waals surface area contributed by atoms with Gasteiger partial charge in [0.15, 0.2) is 0 Å². The van der Waals surface area contributed by atoms with Crippen molar-refractivity contribution in [3.05, 3.63) is 0 Å². The summed E-state index contributed by atoms with van der Waals surface area (Å²) in [6.07, 6.45) is 9.04. The Balaban J connectivity index is 1.47. The van der Waals surface area contributed by atoms with Crippen LogP contribution in [0.3, 0.4) is 0 Å². The molecule has 0 radical (unpaired) electrons. The molecule has 0 aromatic rings. The van der Waals surface area contributed by atoms with E-state index in [9.17, 15) is 0 Å². The fourth-order valence-electron chi connectivity index (χ4n) is 4.89. The quantitative estimate of drug-likeness (QED) is 0.618. The summed E-state index contributed by atoms with van der Waals surface area (Å²) in [7, 11) is 0. The Morgan fingerprint density at radius 3 is 1.41 bits per heavy atom. The van der Waals surface area contributed by atoms with Crippen LogP contribution in [0.1, 0.15) is 38.5 Å². The van der Waals surface area contributed by atoms with Gasteiger partial charge in [0.05, 0.1) is 0 Å². The smallest absolute Gasteiger partial charge is 0.0295 e. The predicted molar refractivity (Wildman–Crippen MR) is 82.3 cm³/mol. The molecule has 4 aliphatic carbocycles. The van der Waals surface area contributed by atoms with E-state index in [4.69, 9.17) is 0 Å². The van der Waals surface area contributed by atoms with Crippen LogP contribution in [0.25, 0.3) is 0 Å². The van der Waals surface area contributed by atoms with E-state index >= 15 is 0 Å². The van der Waals surface area contributed by atoms with Crippen molar-refractivity contribution in [2.45, 2.75) is 58.7 Å². The molecule has 0 spiro atoms. The monoisotopic (exact) mass is 378 g/mol. The number of hydrogen-bond acceptors (Lipinski definition) is 1. The summed E-state index contributed by atoms with van der Waals surface area (Å²) in [5.41, 5.74) is 0. The van der Waals surface area contributed by atoms with Crippen molar-refractivity contribution in [3.8, 4) is 0 Å². The summed E-state index contributed by atoms with van der Waals surface area (Å²) in [4.78, 5) is 1.65. The molecule has 96 valence electrons. The molecule has 0 aromatic heterocycles. The Labute approximate surface area is 125 Å². The maximum atomic E-state index is 4.01. The number of thioether (sulfide) groups is 1. The Hall–Kier alpha value is 1.31. The van der Waals surface area contributed by atoms with Gasteiger partial charge in [-0.2, -0.15) is 11.8 Å². The number of rotatable bonds is 2. The maximum Gasteiger partial charge on any atom is 0.0295 e. The maximum absolute atomic E-state index is 4.01. The zero-order valence-electron chi connectivity index (χ0n) is 10.0. The van der Waals surface area contributed by atoms with Gasteiger partial charge < -0.3 is 0 Å². The van der Waals surface area contributed by atoms with E-state index in [0.717, 1.165) is 43.8 Å². The van der Waals surface area contributed by atoms with Crippen molar-refractivity contribution in [3.63, 3.8) is 0 Å². The average Bonchev–Trinajstić information content (AvgIpc) is 3.05. The SMILES string of the molecule is Br[C@@H]1[C@H]2CC[C@@H](C2)[C@H]1S[C@H]1[C@@H]2CC[C@H](C2)[C@@H]1Br. The zero-order chi connectivity index (χ0) is 11.6. The van der Waals surface area contributed by atoms with Gasteiger partial charge in [0.2, 0.25) is 0 Å². The van der Waals surface area contributed by atoms with Crippen molar-refractivity contribution in [2.24, 2.45) is 23.7 Å². The lowest BCUT2D eigenvalue weighted by Gasteiger charge is -2.34. The summed E-state index contributed by atoms with van der Waals surface area (Å²) < 4.78 is 0. The van der Waals surface area contributed by atoms with Crippen molar-refractivity contribution in [1.82, 2.24) is 0 Å². The molecule has 3 heteroatoms. The second-order valence-electron chi connectivity index (χ2n) is 6.62. The van der Waals surface area contributed by atoms with Crippen LogP contribution >= 0.6 is 43.6 Å². The normalized spacial score (nSPS) is 60.4. The van der Waals surface area contributed by atoms with Crippen LogP contribution in [0.15, 0.2) is 0 Å². The number of fused-ring (bicyclic) bond motifs is 4. The lowest BCUT2D eigenvalue weighted by atomic mass is 9.99.